The van der Waals surface area contributed by atoms with Gasteiger partial charge in [0.25, 0.3) is 0 Å². The second-order valence-electron chi connectivity index (χ2n) is 7.03. The molecule has 0 radical (unpaired) electrons. The monoisotopic (exact) mass is 320 g/mol. The first-order valence-corrected chi connectivity index (χ1v) is 9.47. The summed E-state index contributed by atoms with van der Waals surface area (Å²) in [5.41, 5.74) is 0. The van der Waals surface area contributed by atoms with Crippen LogP contribution in [0.3, 0.4) is 0 Å². The maximum atomic E-state index is 12.0. The Morgan fingerprint density at radius 1 is 1.14 bits per heavy atom. The van der Waals surface area contributed by atoms with Crippen molar-refractivity contribution in [2.24, 2.45) is 5.92 Å². The van der Waals surface area contributed by atoms with Gasteiger partial charge in [-0.2, -0.15) is 0 Å². The van der Waals surface area contributed by atoms with Gasteiger partial charge in [-0.15, -0.1) is 10.2 Å². The maximum Gasteiger partial charge on any atom is 0.220 e. The van der Waals surface area contributed by atoms with Crippen molar-refractivity contribution < 1.29 is 4.79 Å². The van der Waals surface area contributed by atoms with E-state index in [4.69, 9.17) is 0 Å². The highest BCUT2D eigenvalue weighted by atomic mass is 32.1. The van der Waals surface area contributed by atoms with Crippen LogP contribution in [0.5, 0.6) is 0 Å². The van der Waals surface area contributed by atoms with Crippen molar-refractivity contribution in [3.63, 3.8) is 0 Å². The fraction of sp³-hybridized carbons (Fsp3) is 0.812. The summed E-state index contributed by atoms with van der Waals surface area (Å²) in [6.07, 6.45) is 9.07. The molecule has 1 aliphatic heterocycles. The van der Waals surface area contributed by atoms with Crippen LogP contribution >= 0.6 is 11.3 Å². The molecule has 1 saturated heterocycles. The molecule has 6 heteroatoms. The van der Waals surface area contributed by atoms with Crippen LogP contribution in [0.25, 0.3) is 0 Å². The van der Waals surface area contributed by atoms with E-state index in [9.17, 15) is 4.79 Å². The molecule has 4 rings (SSSR count). The molecule has 0 bridgehead atoms. The fourth-order valence-electron chi connectivity index (χ4n) is 3.28. The van der Waals surface area contributed by atoms with Crippen LogP contribution in [0.4, 0.5) is 5.13 Å². The summed E-state index contributed by atoms with van der Waals surface area (Å²) < 4.78 is 0. The minimum atomic E-state index is 0.259. The maximum absolute atomic E-state index is 12.0. The van der Waals surface area contributed by atoms with E-state index in [1.807, 2.05) is 0 Å². The van der Waals surface area contributed by atoms with Gasteiger partial charge in [0.15, 0.2) is 0 Å². The number of rotatable bonds is 5. The molecule has 2 aliphatic carbocycles. The second-order valence-corrected chi connectivity index (χ2v) is 8.01. The van der Waals surface area contributed by atoms with Crippen LogP contribution in [0, 0.1) is 5.92 Å². The van der Waals surface area contributed by atoms with Crippen LogP contribution in [0.1, 0.15) is 62.3 Å². The highest BCUT2D eigenvalue weighted by molar-refractivity contribution is 7.15. The highest BCUT2D eigenvalue weighted by Crippen LogP contribution is 2.43. The molecule has 0 spiro atoms. The Morgan fingerprint density at radius 2 is 1.91 bits per heavy atom. The number of carbonyl (C=O) groups is 1. The zero-order chi connectivity index (χ0) is 14.9. The average Bonchev–Trinajstić information content (AvgIpc) is 3.22. The molecule has 1 N–H and O–H groups in total. The summed E-state index contributed by atoms with van der Waals surface area (Å²) in [6.45, 7) is 2.03. The van der Waals surface area contributed by atoms with Crippen LogP contribution < -0.4 is 10.2 Å². The molecule has 22 heavy (non-hydrogen) atoms. The molecule has 3 fully saturated rings. The number of piperidine rings is 1. The number of carbonyl (C=O) groups excluding carboxylic acids is 1. The molecule has 1 aromatic rings. The summed E-state index contributed by atoms with van der Waals surface area (Å²) in [7, 11) is 0. The van der Waals surface area contributed by atoms with E-state index in [1.165, 1.54) is 37.1 Å². The van der Waals surface area contributed by atoms with Gasteiger partial charge in [0, 0.05) is 31.5 Å². The van der Waals surface area contributed by atoms with Crippen LogP contribution in [-0.2, 0) is 4.79 Å². The third-order valence-electron chi connectivity index (χ3n) is 5.19. The van der Waals surface area contributed by atoms with Gasteiger partial charge in [-0.05, 0) is 50.9 Å². The molecule has 120 valence electrons. The first-order valence-electron chi connectivity index (χ1n) is 8.65. The van der Waals surface area contributed by atoms with E-state index in [1.54, 1.807) is 11.3 Å². The van der Waals surface area contributed by atoms with E-state index in [-0.39, 0.29) is 5.91 Å². The lowest BCUT2D eigenvalue weighted by Crippen LogP contribution is -2.41. The van der Waals surface area contributed by atoms with Crippen molar-refractivity contribution in [2.45, 2.75) is 63.3 Å². The van der Waals surface area contributed by atoms with Gasteiger partial charge in [-0.1, -0.05) is 11.3 Å². The lowest BCUT2D eigenvalue weighted by atomic mass is 9.91. The number of hydrogen-bond donors (Lipinski definition) is 1. The van der Waals surface area contributed by atoms with Gasteiger partial charge >= 0.3 is 0 Å². The van der Waals surface area contributed by atoms with E-state index < -0.39 is 0 Å². The number of hydrogen-bond acceptors (Lipinski definition) is 5. The Bertz CT molecular complexity index is 530. The second kappa shape index (κ2) is 6.14. The predicted molar refractivity (Wildman–Crippen MR) is 87.2 cm³/mol. The van der Waals surface area contributed by atoms with Crippen molar-refractivity contribution in [2.75, 3.05) is 18.0 Å². The van der Waals surface area contributed by atoms with E-state index in [2.05, 4.69) is 20.4 Å². The van der Waals surface area contributed by atoms with Crippen molar-refractivity contribution in [3.05, 3.63) is 5.01 Å². The molecule has 2 heterocycles. The molecule has 0 unspecified atom stereocenters. The number of aromatic nitrogens is 2. The lowest BCUT2D eigenvalue weighted by molar-refractivity contribution is -0.123. The number of anilines is 1. The van der Waals surface area contributed by atoms with Gasteiger partial charge in [-0.3, -0.25) is 4.79 Å². The Hall–Kier alpha value is -1.17. The SMILES string of the molecule is O=C(CC1CCN(c2nnc(C3CC3)s2)CC1)NC1CCC1. The van der Waals surface area contributed by atoms with Crippen LogP contribution in [-0.4, -0.2) is 35.2 Å². The van der Waals surface area contributed by atoms with Crippen LogP contribution in [0.15, 0.2) is 0 Å². The normalized spacial score (nSPS) is 23.4. The Balaban J connectivity index is 1.23. The average molecular weight is 320 g/mol. The minimum Gasteiger partial charge on any atom is -0.353 e. The number of amides is 1. The molecule has 1 aromatic heterocycles. The largest absolute Gasteiger partial charge is 0.353 e. The van der Waals surface area contributed by atoms with Crippen molar-refractivity contribution >= 4 is 22.4 Å². The lowest BCUT2D eigenvalue weighted by Gasteiger charge is -2.32. The van der Waals surface area contributed by atoms with Gasteiger partial charge in [0.2, 0.25) is 11.0 Å². The molecule has 0 atom stereocenters. The molecule has 1 amide bonds. The molecule has 0 aromatic carbocycles. The Morgan fingerprint density at radius 3 is 2.55 bits per heavy atom. The molecule has 2 saturated carbocycles. The summed E-state index contributed by atoms with van der Waals surface area (Å²) in [5, 5.41) is 14.2. The third-order valence-corrected chi connectivity index (χ3v) is 6.33. The summed E-state index contributed by atoms with van der Waals surface area (Å²) in [4.78, 5) is 14.4. The van der Waals surface area contributed by atoms with Gasteiger partial charge in [0.1, 0.15) is 5.01 Å². The Labute approximate surface area is 135 Å². The summed E-state index contributed by atoms with van der Waals surface area (Å²) >= 11 is 1.77. The van der Waals surface area contributed by atoms with E-state index in [0.717, 1.165) is 31.1 Å². The standard InChI is InChI=1S/C16H24N4OS/c21-14(17-13-2-1-3-13)10-11-6-8-20(9-7-11)16-19-18-15(22-16)12-4-5-12/h11-13H,1-10H2,(H,17,21). The molecular formula is C16H24N4OS. The van der Waals surface area contributed by atoms with Gasteiger partial charge < -0.3 is 10.2 Å². The number of nitrogens with one attached hydrogen (secondary N) is 1. The molecular weight excluding hydrogens is 296 g/mol. The quantitative estimate of drug-likeness (QED) is 0.906. The van der Waals surface area contributed by atoms with Crippen LogP contribution in [0.2, 0.25) is 0 Å². The van der Waals surface area contributed by atoms with Gasteiger partial charge in [0.05, 0.1) is 0 Å². The van der Waals surface area contributed by atoms with Crippen molar-refractivity contribution in [3.8, 4) is 0 Å². The minimum absolute atomic E-state index is 0.259. The zero-order valence-electron chi connectivity index (χ0n) is 13.0. The third kappa shape index (κ3) is 3.26. The zero-order valence-corrected chi connectivity index (χ0v) is 13.8. The fourth-order valence-corrected chi connectivity index (χ4v) is 4.34. The van der Waals surface area contributed by atoms with Crippen molar-refractivity contribution in [1.82, 2.24) is 15.5 Å². The number of nitrogens with zero attached hydrogens (tertiary/aromatic N) is 3. The Kier molecular flexibility index (Phi) is 4.03. The topological polar surface area (TPSA) is 58.1 Å². The van der Waals surface area contributed by atoms with E-state index in [0.29, 0.717) is 24.3 Å². The first-order chi connectivity index (χ1) is 10.8. The summed E-state index contributed by atoms with van der Waals surface area (Å²) in [5.74, 6) is 1.49. The molecule has 3 aliphatic rings. The predicted octanol–water partition coefficient (Wildman–Crippen LogP) is 2.69. The molecule has 5 nitrogen and oxygen atoms in total. The van der Waals surface area contributed by atoms with Crippen molar-refractivity contribution in [1.29, 1.82) is 0 Å². The highest BCUT2D eigenvalue weighted by Gasteiger charge is 2.30. The van der Waals surface area contributed by atoms with E-state index >= 15 is 0 Å². The first kappa shape index (κ1) is 14.4. The smallest absolute Gasteiger partial charge is 0.220 e. The summed E-state index contributed by atoms with van der Waals surface area (Å²) in [6, 6.07) is 0.467. The van der Waals surface area contributed by atoms with Gasteiger partial charge in [-0.25, -0.2) is 0 Å².